The lowest BCUT2D eigenvalue weighted by Crippen LogP contribution is -2.55. The summed E-state index contributed by atoms with van der Waals surface area (Å²) in [5, 5.41) is 12.4. The lowest BCUT2D eigenvalue weighted by molar-refractivity contribution is -0.148. The first-order valence-electron chi connectivity index (χ1n) is 7.28. The molecule has 21 heavy (non-hydrogen) atoms. The number of nitrogens with one attached hydrogen (secondary N) is 1. The molecule has 2 N–H and O–H groups in total. The Kier molecular flexibility index (Phi) is 4.56. The number of thiophene rings is 1. The van der Waals surface area contributed by atoms with E-state index in [0.29, 0.717) is 19.4 Å². The zero-order valence-electron chi connectivity index (χ0n) is 12.7. The summed E-state index contributed by atoms with van der Waals surface area (Å²) in [6, 6.07) is 3.63. The molecule has 1 aromatic rings. The fraction of sp³-hybridized carbons (Fsp3) is 0.600. The van der Waals surface area contributed by atoms with Gasteiger partial charge in [0.15, 0.2) is 0 Å². The van der Waals surface area contributed by atoms with E-state index in [2.05, 4.69) is 5.32 Å². The number of hydrogen-bond donors (Lipinski definition) is 2. The van der Waals surface area contributed by atoms with Crippen molar-refractivity contribution in [1.82, 2.24) is 10.2 Å². The summed E-state index contributed by atoms with van der Waals surface area (Å²) in [6.07, 6.45) is 1.70. The maximum Gasteiger partial charge on any atom is 0.329 e. The number of amides is 2. The predicted molar refractivity (Wildman–Crippen MR) is 82.6 cm³/mol. The van der Waals surface area contributed by atoms with Gasteiger partial charge in [0.25, 0.3) is 0 Å². The molecule has 5 nitrogen and oxygen atoms in total. The Morgan fingerprint density at radius 3 is 2.76 bits per heavy atom. The summed E-state index contributed by atoms with van der Waals surface area (Å²) in [5.41, 5.74) is -1.05. The first-order valence-corrected chi connectivity index (χ1v) is 8.10. The van der Waals surface area contributed by atoms with Crippen molar-refractivity contribution >= 4 is 23.3 Å². The molecule has 1 fully saturated rings. The highest BCUT2D eigenvalue weighted by atomic mass is 32.1. The number of likely N-dealkylation sites (tertiary alicyclic amines) is 1. The van der Waals surface area contributed by atoms with E-state index < -0.39 is 11.5 Å². The number of carboxylic acid groups (broad SMARTS) is 1. The topological polar surface area (TPSA) is 69.6 Å². The third-order valence-corrected chi connectivity index (χ3v) is 5.43. The Bertz CT molecular complexity index is 543. The van der Waals surface area contributed by atoms with E-state index in [1.165, 1.54) is 9.78 Å². The lowest BCUT2D eigenvalue weighted by Gasteiger charge is -2.34. The van der Waals surface area contributed by atoms with Gasteiger partial charge in [-0.05, 0) is 45.2 Å². The standard InChI is InChI=1S/C15H22N2O3S/c1-4-15(13(18)19)8-5-9-17(15)14(20)16-11(3)12-7-6-10(2)21-12/h6-7,11H,4-5,8-9H2,1-3H3,(H,16,20)(H,18,19). The van der Waals surface area contributed by atoms with Crippen LogP contribution in [0.15, 0.2) is 12.1 Å². The number of urea groups is 1. The number of hydrogen-bond acceptors (Lipinski definition) is 3. The van der Waals surface area contributed by atoms with E-state index in [9.17, 15) is 14.7 Å². The van der Waals surface area contributed by atoms with Crippen LogP contribution in [0, 0.1) is 6.92 Å². The van der Waals surface area contributed by atoms with Crippen molar-refractivity contribution in [3.63, 3.8) is 0 Å². The second-order valence-electron chi connectivity index (χ2n) is 5.57. The minimum Gasteiger partial charge on any atom is -0.479 e. The minimum atomic E-state index is -1.05. The summed E-state index contributed by atoms with van der Waals surface area (Å²) in [6.45, 7) is 6.28. The molecule has 0 radical (unpaired) electrons. The number of aliphatic carboxylic acids is 1. The largest absolute Gasteiger partial charge is 0.479 e. The quantitative estimate of drug-likeness (QED) is 0.897. The molecular weight excluding hydrogens is 288 g/mol. The second kappa shape index (κ2) is 6.05. The lowest BCUT2D eigenvalue weighted by atomic mass is 9.93. The van der Waals surface area contributed by atoms with Gasteiger partial charge in [0, 0.05) is 16.3 Å². The smallest absolute Gasteiger partial charge is 0.329 e. The van der Waals surface area contributed by atoms with E-state index in [4.69, 9.17) is 0 Å². The highest BCUT2D eigenvalue weighted by Gasteiger charge is 2.48. The highest BCUT2D eigenvalue weighted by Crippen LogP contribution is 2.33. The first-order chi connectivity index (χ1) is 9.90. The van der Waals surface area contributed by atoms with Crippen molar-refractivity contribution in [3.05, 3.63) is 21.9 Å². The fourth-order valence-corrected chi connectivity index (χ4v) is 3.82. The molecule has 0 saturated carbocycles. The summed E-state index contributed by atoms with van der Waals surface area (Å²) < 4.78 is 0. The Labute approximate surface area is 129 Å². The van der Waals surface area contributed by atoms with Crippen LogP contribution in [-0.2, 0) is 4.79 Å². The van der Waals surface area contributed by atoms with Crippen LogP contribution in [0.1, 0.15) is 48.9 Å². The monoisotopic (exact) mass is 310 g/mol. The van der Waals surface area contributed by atoms with Crippen molar-refractivity contribution < 1.29 is 14.7 Å². The molecule has 1 aromatic heterocycles. The number of nitrogens with zero attached hydrogens (tertiary/aromatic N) is 1. The molecule has 2 rings (SSSR count). The van der Waals surface area contributed by atoms with Crippen molar-refractivity contribution in [2.75, 3.05) is 6.54 Å². The number of carbonyl (C=O) groups excluding carboxylic acids is 1. The maximum absolute atomic E-state index is 12.5. The molecule has 2 unspecified atom stereocenters. The molecule has 116 valence electrons. The summed E-state index contributed by atoms with van der Waals surface area (Å²) in [4.78, 5) is 27.8. The van der Waals surface area contributed by atoms with Gasteiger partial charge in [0.2, 0.25) is 0 Å². The fourth-order valence-electron chi connectivity index (χ4n) is 2.94. The van der Waals surface area contributed by atoms with Crippen molar-refractivity contribution in [2.24, 2.45) is 0 Å². The van der Waals surface area contributed by atoms with Gasteiger partial charge in [0.05, 0.1) is 6.04 Å². The summed E-state index contributed by atoms with van der Waals surface area (Å²) in [5.74, 6) is -0.905. The van der Waals surface area contributed by atoms with Crippen LogP contribution in [0.2, 0.25) is 0 Å². The molecule has 0 aromatic carbocycles. The Balaban J connectivity index is 2.10. The Morgan fingerprint density at radius 1 is 1.52 bits per heavy atom. The van der Waals surface area contributed by atoms with Crippen molar-refractivity contribution in [3.8, 4) is 0 Å². The van der Waals surface area contributed by atoms with Crippen LogP contribution in [0.25, 0.3) is 0 Å². The van der Waals surface area contributed by atoms with Crippen LogP contribution < -0.4 is 5.32 Å². The summed E-state index contributed by atoms with van der Waals surface area (Å²) >= 11 is 1.64. The molecule has 1 aliphatic heterocycles. The normalized spacial score (nSPS) is 23.1. The third kappa shape index (κ3) is 2.90. The van der Waals surface area contributed by atoms with Gasteiger partial charge in [0.1, 0.15) is 5.54 Å². The molecule has 2 heterocycles. The second-order valence-corrected chi connectivity index (χ2v) is 6.88. The van der Waals surface area contributed by atoms with Crippen LogP contribution in [0.3, 0.4) is 0 Å². The average Bonchev–Trinajstić information content (AvgIpc) is 3.04. The van der Waals surface area contributed by atoms with Crippen molar-refractivity contribution in [1.29, 1.82) is 0 Å². The molecular formula is C15H22N2O3S. The van der Waals surface area contributed by atoms with Crippen LogP contribution in [0.4, 0.5) is 4.79 Å². The maximum atomic E-state index is 12.5. The number of carbonyl (C=O) groups is 2. The number of rotatable bonds is 4. The average molecular weight is 310 g/mol. The molecule has 0 spiro atoms. The van der Waals surface area contributed by atoms with Gasteiger partial charge in [-0.15, -0.1) is 11.3 Å². The number of carboxylic acids is 1. The Hall–Kier alpha value is -1.56. The zero-order valence-corrected chi connectivity index (χ0v) is 13.5. The molecule has 0 bridgehead atoms. The van der Waals surface area contributed by atoms with Crippen LogP contribution in [0.5, 0.6) is 0 Å². The highest BCUT2D eigenvalue weighted by molar-refractivity contribution is 7.12. The first kappa shape index (κ1) is 15.8. The molecule has 1 saturated heterocycles. The van der Waals surface area contributed by atoms with Gasteiger partial charge < -0.3 is 15.3 Å². The molecule has 1 aliphatic rings. The van der Waals surface area contributed by atoms with Gasteiger partial charge in [-0.1, -0.05) is 6.92 Å². The van der Waals surface area contributed by atoms with E-state index in [1.807, 2.05) is 32.9 Å². The zero-order chi connectivity index (χ0) is 15.6. The molecule has 2 atom stereocenters. The van der Waals surface area contributed by atoms with E-state index in [1.54, 1.807) is 11.3 Å². The van der Waals surface area contributed by atoms with E-state index in [0.717, 1.165) is 11.3 Å². The summed E-state index contributed by atoms with van der Waals surface area (Å²) in [7, 11) is 0. The molecule has 2 amide bonds. The van der Waals surface area contributed by atoms with Gasteiger partial charge >= 0.3 is 12.0 Å². The number of aryl methyl sites for hydroxylation is 1. The van der Waals surface area contributed by atoms with Crippen LogP contribution in [-0.4, -0.2) is 34.1 Å². The van der Waals surface area contributed by atoms with E-state index >= 15 is 0 Å². The predicted octanol–water partition coefficient (Wildman–Crippen LogP) is 3.16. The van der Waals surface area contributed by atoms with Gasteiger partial charge in [-0.3, -0.25) is 0 Å². The molecule has 0 aliphatic carbocycles. The van der Waals surface area contributed by atoms with Gasteiger partial charge in [-0.25, -0.2) is 9.59 Å². The SMILES string of the molecule is CCC1(C(=O)O)CCCN1C(=O)NC(C)c1ccc(C)s1. The molecule has 6 heteroatoms. The van der Waals surface area contributed by atoms with Crippen LogP contribution >= 0.6 is 11.3 Å². The van der Waals surface area contributed by atoms with Gasteiger partial charge in [-0.2, -0.15) is 0 Å². The Morgan fingerprint density at radius 2 is 2.24 bits per heavy atom. The van der Waals surface area contributed by atoms with Crippen molar-refractivity contribution in [2.45, 2.75) is 51.6 Å². The minimum absolute atomic E-state index is 0.111. The third-order valence-electron chi connectivity index (χ3n) is 4.24. The van der Waals surface area contributed by atoms with E-state index in [-0.39, 0.29) is 12.1 Å².